The van der Waals surface area contributed by atoms with Gasteiger partial charge in [0, 0.05) is 104 Å². The quantitative estimate of drug-likeness (QED) is 0.104. The minimum Gasteiger partial charge on any atom is -0.380 e. The zero-order valence-corrected chi connectivity index (χ0v) is 44.3. The Labute approximate surface area is 427 Å². The minimum absolute atomic E-state index is 0.00545. The van der Waals surface area contributed by atoms with Crippen molar-refractivity contribution in [2.45, 2.75) is 92.1 Å². The van der Waals surface area contributed by atoms with Crippen molar-refractivity contribution in [3.8, 4) is 0 Å². The summed E-state index contributed by atoms with van der Waals surface area (Å²) >= 11 is 7.69. The standard InChI is InChI=1S/C53H66ClF3N6O5S3/c1-51(2,3)63-34-40-32-61(33-41(40)35-63)24-22-43(36-69-45-9-7-6-8-10-45)58-48-20-19-46(29-49(48)70(65,66)53(55,56)57)71(67,68)59-50(64)38-13-17-44(18-14-38)62-27-25-60(26-28-62)31-39-30-52(4,5)23-21-47(39)37-11-15-42(54)16-12-37/h6-20,29,40-41,43,58H,21-28,30-36H2,1-5H3,(H,59,64)/t40-,41+,43?. The van der Waals surface area contributed by atoms with Crippen LogP contribution in [0.15, 0.2) is 117 Å². The number of halogens is 4. The highest BCUT2D eigenvalue weighted by Gasteiger charge is 2.49. The average molecular weight is 1060 g/mol. The summed E-state index contributed by atoms with van der Waals surface area (Å²) in [5.41, 5.74) is -0.891. The molecule has 0 saturated carbocycles. The Balaban J connectivity index is 0.927. The number of thioether (sulfide) groups is 1. The smallest absolute Gasteiger partial charge is 0.380 e. The predicted molar refractivity (Wildman–Crippen MR) is 279 cm³/mol. The largest absolute Gasteiger partial charge is 0.501 e. The summed E-state index contributed by atoms with van der Waals surface area (Å²) < 4.78 is 98.9. The number of alkyl halides is 3. The van der Waals surface area contributed by atoms with Crippen LogP contribution in [0.25, 0.3) is 5.57 Å². The molecule has 3 atom stereocenters. The average Bonchev–Trinajstić information content (AvgIpc) is 3.91. The summed E-state index contributed by atoms with van der Waals surface area (Å²) in [5, 5.41) is 3.79. The Morgan fingerprint density at radius 3 is 2.10 bits per heavy atom. The molecule has 0 radical (unpaired) electrons. The van der Waals surface area contributed by atoms with Crippen molar-refractivity contribution >= 4 is 66.1 Å². The molecule has 1 amide bonds. The van der Waals surface area contributed by atoms with E-state index in [0.29, 0.717) is 41.6 Å². The van der Waals surface area contributed by atoms with Gasteiger partial charge in [0.1, 0.15) is 4.90 Å². The molecular formula is C53H66ClF3N6O5S3. The molecule has 3 heterocycles. The van der Waals surface area contributed by atoms with Crippen LogP contribution in [0.2, 0.25) is 5.02 Å². The van der Waals surface area contributed by atoms with Crippen molar-refractivity contribution < 1.29 is 34.8 Å². The van der Waals surface area contributed by atoms with Crippen molar-refractivity contribution in [3.05, 3.63) is 119 Å². The van der Waals surface area contributed by atoms with Crippen molar-refractivity contribution in [1.82, 2.24) is 19.4 Å². The van der Waals surface area contributed by atoms with Crippen LogP contribution in [-0.2, 0) is 19.9 Å². The van der Waals surface area contributed by atoms with Gasteiger partial charge in [-0.15, -0.1) is 11.8 Å². The highest BCUT2D eigenvalue weighted by molar-refractivity contribution is 7.99. The normalized spacial score (nSPS) is 21.1. The number of benzene rings is 4. The van der Waals surface area contributed by atoms with Gasteiger partial charge in [-0.25, -0.2) is 21.6 Å². The summed E-state index contributed by atoms with van der Waals surface area (Å²) in [4.78, 5) is 21.9. The Kier molecular flexibility index (Phi) is 16.0. The molecule has 4 aliphatic rings. The zero-order chi connectivity index (χ0) is 50.9. The van der Waals surface area contributed by atoms with Gasteiger partial charge in [0.25, 0.3) is 25.8 Å². The van der Waals surface area contributed by atoms with E-state index in [0.717, 1.165) is 101 Å². The monoisotopic (exact) mass is 1050 g/mol. The van der Waals surface area contributed by atoms with Crippen molar-refractivity contribution in [2.75, 3.05) is 81.4 Å². The highest BCUT2D eigenvalue weighted by atomic mass is 35.5. The molecule has 0 spiro atoms. The van der Waals surface area contributed by atoms with Gasteiger partial charge in [0.15, 0.2) is 0 Å². The minimum atomic E-state index is -6.06. The molecule has 8 rings (SSSR count). The van der Waals surface area contributed by atoms with Crippen molar-refractivity contribution in [1.29, 1.82) is 0 Å². The molecule has 18 heteroatoms. The lowest BCUT2D eigenvalue weighted by Gasteiger charge is -2.39. The second-order valence-electron chi connectivity index (χ2n) is 21.4. The number of sulfonamides is 1. The molecule has 71 heavy (non-hydrogen) atoms. The summed E-state index contributed by atoms with van der Waals surface area (Å²) in [5.74, 6) is 0.411. The number of fused-ring (bicyclic) bond motifs is 1. The summed E-state index contributed by atoms with van der Waals surface area (Å²) in [6, 6.07) is 26.1. The third-order valence-electron chi connectivity index (χ3n) is 14.6. The van der Waals surface area contributed by atoms with E-state index in [4.69, 9.17) is 11.6 Å². The number of allylic oxidation sites excluding steroid dienone is 1. The molecule has 2 N–H and O–H groups in total. The molecule has 3 saturated heterocycles. The molecule has 3 aliphatic heterocycles. The second-order valence-corrected chi connectivity index (χ2v) is 26.5. The molecule has 0 bridgehead atoms. The number of likely N-dealkylation sites (tertiary alicyclic amines) is 2. The van der Waals surface area contributed by atoms with E-state index in [2.05, 4.69) is 71.7 Å². The molecule has 384 valence electrons. The number of carbonyl (C=O) groups is 1. The number of carbonyl (C=O) groups excluding carboxylic acids is 1. The highest BCUT2D eigenvalue weighted by Crippen LogP contribution is 2.43. The van der Waals surface area contributed by atoms with E-state index >= 15 is 0 Å². The molecule has 1 unspecified atom stereocenters. The third kappa shape index (κ3) is 13.0. The van der Waals surface area contributed by atoms with Crippen LogP contribution >= 0.6 is 23.4 Å². The first kappa shape index (κ1) is 53.2. The number of piperazine rings is 1. The molecule has 4 aromatic carbocycles. The topological polar surface area (TPSA) is 122 Å². The summed E-state index contributed by atoms with van der Waals surface area (Å²) in [6.45, 7) is 19.7. The first-order valence-corrected chi connectivity index (χ1v) is 28.8. The Hall–Kier alpha value is -4.10. The van der Waals surface area contributed by atoms with Gasteiger partial charge >= 0.3 is 5.51 Å². The molecular weight excluding hydrogens is 989 g/mol. The number of nitrogens with zero attached hydrogens (tertiary/aromatic N) is 4. The number of nitrogens with one attached hydrogen (secondary N) is 2. The lowest BCUT2D eigenvalue weighted by Crippen LogP contribution is -2.47. The molecule has 3 fully saturated rings. The van der Waals surface area contributed by atoms with E-state index in [-0.39, 0.29) is 22.2 Å². The van der Waals surface area contributed by atoms with E-state index in [1.54, 1.807) is 12.1 Å². The van der Waals surface area contributed by atoms with Gasteiger partial charge in [-0.2, -0.15) is 13.2 Å². The SMILES string of the molecule is CC1(C)CCC(c2ccc(Cl)cc2)=C(CN2CCN(c3ccc(C(=O)NS(=O)(=O)c4ccc(NC(CCN5C[C@@H]6CN(C(C)(C)C)C[C@@H]6C5)CSc5ccccc5)c(S(=O)(=O)C(F)(F)F)c4)cc3)CC2)C1. The molecule has 1 aliphatic carbocycles. The van der Waals surface area contributed by atoms with Gasteiger partial charge in [-0.05, 0) is 142 Å². The fraction of sp³-hybridized carbons (Fsp3) is 0.491. The lowest BCUT2D eigenvalue weighted by molar-refractivity contribution is -0.0435. The number of amides is 1. The van der Waals surface area contributed by atoms with Crippen LogP contribution in [0, 0.1) is 17.3 Å². The van der Waals surface area contributed by atoms with Gasteiger partial charge < -0.3 is 15.1 Å². The van der Waals surface area contributed by atoms with Crippen LogP contribution in [0.3, 0.4) is 0 Å². The maximum atomic E-state index is 14.4. The molecule has 0 aromatic heterocycles. The van der Waals surface area contributed by atoms with Crippen LogP contribution < -0.4 is 14.9 Å². The second kappa shape index (κ2) is 21.4. The van der Waals surface area contributed by atoms with Gasteiger partial charge in [0.05, 0.1) is 10.6 Å². The van der Waals surface area contributed by atoms with Gasteiger partial charge in [-0.1, -0.05) is 61.4 Å². The first-order valence-electron chi connectivity index (χ1n) is 24.4. The number of hydrogen-bond donors (Lipinski definition) is 2. The number of sulfone groups is 1. The number of hydrogen-bond acceptors (Lipinski definition) is 11. The predicted octanol–water partition coefficient (Wildman–Crippen LogP) is 10.2. The number of rotatable bonds is 16. The summed E-state index contributed by atoms with van der Waals surface area (Å²) in [6.07, 6.45) is 3.65. The Bertz CT molecular complexity index is 2770. The van der Waals surface area contributed by atoms with Crippen molar-refractivity contribution in [2.24, 2.45) is 17.3 Å². The molecule has 11 nitrogen and oxygen atoms in total. The van der Waals surface area contributed by atoms with E-state index in [1.165, 1.54) is 40.6 Å². The van der Waals surface area contributed by atoms with Gasteiger partial charge in [0.2, 0.25) is 0 Å². The third-order valence-corrected chi connectivity index (χ3v) is 18.9. The van der Waals surface area contributed by atoms with E-state index in [1.807, 2.05) is 47.2 Å². The summed E-state index contributed by atoms with van der Waals surface area (Å²) in [7, 11) is -10.9. The Morgan fingerprint density at radius 2 is 1.48 bits per heavy atom. The first-order chi connectivity index (χ1) is 33.4. The Morgan fingerprint density at radius 1 is 0.831 bits per heavy atom. The molecule has 4 aromatic rings. The van der Waals surface area contributed by atoms with Gasteiger partial charge in [-0.3, -0.25) is 14.6 Å². The van der Waals surface area contributed by atoms with Crippen LogP contribution in [0.4, 0.5) is 24.5 Å². The van der Waals surface area contributed by atoms with Crippen LogP contribution in [0.5, 0.6) is 0 Å². The maximum Gasteiger partial charge on any atom is 0.501 e. The van der Waals surface area contributed by atoms with E-state index < -0.39 is 47.1 Å². The van der Waals surface area contributed by atoms with E-state index in [9.17, 15) is 34.8 Å². The maximum absolute atomic E-state index is 14.4. The van der Waals surface area contributed by atoms with Crippen LogP contribution in [0.1, 0.15) is 76.2 Å². The number of anilines is 2. The fourth-order valence-corrected chi connectivity index (χ4v) is 13.6. The fourth-order valence-electron chi connectivity index (χ4n) is 10.5. The van der Waals surface area contributed by atoms with Crippen LogP contribution in [-0.4, -0.2) is 126 Å². The van der Waals surface area contributed by atoms with Crippen molar-refractivity contribution in [3.63, 3.8) is 0 Å². The zero-order valence-electron chi connectivity index (χ0n) is 41.1. The lowest BCUT2D eigenvalue weighted by atomic mass is 9.73.